The van der Waals surface area contributed by atoms with Gasteiger partial charge in [-0.1, -0.05) is 38.5 Å². The van der Waals surface area contributed by atoms with E-state index in [0.717, 1.165) is 24.4 Å². The van der Waals surface area contributed by atoms with Gasteiger partial charge in [0.05, 0.1) is 5.84 Å². The fourth-order valence-corrected chi connectivity index (χ4v) is 4.32. The summed E-state index contributed by atoms with van der Waals surface area (Å²) < 4.78 is 0. The second-order valence-corrected chi connectivity index (χ2v) is 6.53. The third-order valence-corrected chi connectivity index (χ3v) is 5.30. The zero-order valence-electron chi connectivity index (χ0n) is 12.1. The van der Waals surface area contributed by atoms with Gasteiger partial charge in [-0.3, -0.25) is 4.99 Å². The van der Waals surface area contributed by atoms with E-state index >= 15 is 0 Å². The van der Waals surface area contributed by atoms with Crippen LogP contribution in [0, 0.1) is 11.8 Å². The highest BCUT2D eigenvalue weighted by molar-refractivity contribution is 5.85. The summed E-state index contributed by atoms with van der Waals surface area (Å²) in [6, 6.07) is 0.755. The van der Waals surface area contributed by atoms with E-state index in [-0.39, 0.29) is 12.4 Å². The van der Waals surface area contributed by atoms with Gasteiger partial charge in [-0.05, 0) is 37.5 Å². The molecule has 1 aliphatic heterocycles. The summed E-state index contributed by atoms with van der Waals surface area (Å²) in [5.41, 5.74) is 0. The first-order chi connectivity index (χ1) is 8.93. The minimum atomic E-state index is 0. The molecule has 0 bridgehead atoms. The SMILES string of the molecule is C1CCC(C2CCCC2NC2=NCCCC2)CC1.Cl. The van der Waals surface area contributed by atoms with Gasteiger partial charge in [-0.15, -0.1) is 12.4 Å². The van der Waals surface area contributed by atoms with Crippen molar-refractivity contribution in [2.45, 2.75) is 76.7 Å². The first-order valence-electron chi connectivity index (χ1n) is 8.23. The molecule has 2 atom stereocenters. The predicted molar refractivity (Wildman–Crippen MR) is 84.2 cm³/mol. The molecule has 2 aliphatic carbocycles. The van der Waals surface area contributed by atoms with Crippen molar-refractivity contribution in [3.8, 4) is 0 Å². The molecule has 3 rings (SSSR count). The summed E-state index contributed by atoms with van der Waals surface area (Å²) in [5, 5.41) is 3.82. The van der Waals surface area contributed by atoms with Crippen LogP contribution in [0.5, 0.6) is 0 Å². The predicted octanol–water partition coefficient (Wildman–Crippen LogP) is 4.33. The van der Waals surface area contributed by atoms with E-state index in [1.165, 1.54) is 76.5 Å². The molecule has 3 heteroatoms. The first-order valence-corrected chi connectivity index (χ1v) is 8.23. The quantitative estimate of drug-likeness (QED) is 0.802. The zero-order chi connectivity index (χ0) is 12.2. The fraction of sp³-hybridized carbons (Fsp3) is 0.938. The summed E-state index contributed by atoms with van der Waals surface area (Å²) in [7, 11) is 0. The lowest BCUT2D eigenvalue weighted by atomic mass is 9.77. The molecule has 0 aromatic heterocycles. The van der Waals surface area contributed by atoms with Crippen LogP contribution < -0.4 is 5.32 Å². The average Bonchev–Trinajstić information content (AvgIpc) is 2.89. The molecular weight excluding hydrogens is 256 g/mol. The van der Waals surface area contributed by atoms with Crippen LogP contribution in [0.15, 0.2) is 4.99 Å². The van der Waals surface area contributed by atoms with Crippen LogP contribution in [0.1, 0.15) is 70.6 Å². The van der Waals surface area contributed by atoms with Crippen molar-refractivity contribution in [1.29, 1.82) is 0 Å². The summed E-state index contributed by atoms with van der Waals surface area (Å²) in [6.45, 7) is 1.06. The maximum absolute atomic E-state index is 4.68. The average molecular weight is 285 g/mol. The molecule has 110 valence electrons. The Kier molecular flexibility index (Phi) is 6.00. The van der Waals surface area contributed by atoms with Crippen molar-refractivity contribution in [3.05, 3.63) is 0 Å². The smallest absolute Gasteiger partial charge is 0.0965 e. The van der Waals surface area contributed by atoms with Crippen LogP contribution in [-0.4, -0.2) is 18.4 Å². The van der Waals surface area contributed by atoms with Crippen LogP contribution in [0.25, 0.3) is 0 Å². The van der Waals surface area contributed by atoms with Crippen molar-refractivity contribution in [2.75, 3.05) is 6.54 Å². The highest BCUT2D eigenvalue weighted by Gasteiger charge is 2.34. The third-order valence-electron chi connectivity index (χ3n) is 5.30. The highest BCUT2D eigenvalue weighted by Crippen LogP contribution is 2.39. The lowest BCUT2D eigenvalue weighted by Crippen LogP contribution is -2.41. The molecule has 1 N–H and O–H groups in total. The molecule has 0 aromatic carbocycles. The van der Waals surface area contributed by atoms with Gasteiger partial charge < -0.3 is 5.32 Å². The van der Waals surface area contributed by atoms with Gasteiger partial charge >= 0.3 is 0 Å². The molecule has 0 spiro atoms. The van der Waals surface area contributed by atoms with Crippen molar-refractivity contribution in [2.24, 2.45) is 16.8 Å². The van der Waals surface area contributed by atoms with Gasteiger partial charge in [-0.25, -0.2) is 0 Å². The second kappa shape index (κ2) is 7.52. The van der Waals surface area contributed by atoms with Gasteiger partial charge in [0.25, 0.3) is 0 Å². The number of hydrogen-bond donors (Lipinski definition) is 1. The Bertz CT molecular complexity index is 297. The molecule has 1 heterocycles. The van der Waals surface area contributed by atoms with Crippen LogP contribution in [0.3, 0.4) is 0 Å². The molecule has 3 aliphatic rings. The molecule has 0 saturated heterocycles. The molecule has 0 radical (unpaired) electrons. The maximum atomic E-state index is 4.68. The van der Waals surface area contributed by atoms with Crippen LogP contribution >= 0.6 is 12.4 Å². The van der Waals surface area contributed by atoms with Gasteiger partial charge in [0.2, 0.25) is 0 Å². The van der Waals surface area contributed by atoms with Crippen molar-refractivity contribution in [1.82, 2.24) is 5.32 Å². The normalized spacial score (nSPS) is 32.5. The van der Waals surface area contributed by atoms with E-state index in [1.807, 2.05) is 0 Å². The van der Waals surface area contributed by atoms with E-state index in [4.69, 9.17) is 0 Å². The molecule has 2 unspecified atom stereocenters. The number of aliphatic imine (C=N–C) groups is 1. The summed E-state index contributed by atoms with van der Waals surface area (Å²) >= 11 is 0. The largest absolute Gasteiger partial charge is 0.371 e. The maximum Gasteiger partial charge on any atom is 0.0965 e. The minimum absolute atomic E-state index is 0. The number of amidine groups is 1. The topological polar surface area (TPSA) is 24.4 Å². The monoisotopic (exact) mass is 284 g/mol. The van der Waals surface area contributed by atoms with E-state index in [2.05, 4.69) is 10.3 Å². The van der Waals surface area contributed by atoms with Crippen molar-refractivity contribution in [3.63, 3.8) is 0 Å². The van der Waals surface area contributed by atoms with Crippen LogP contribution in [0.2, 0.25) is 0 Å². The number of rotatable bonds is 2. The summed E-state index contributed by atoms with van der Waals surface area (Å²) in [4.78, 5) is 4.68. The lowest BCUT2D eigenvalue weighted by molar-refractivity contribution is 0.226. The molecular formula is C16H29ClN2. The molecule has 2 saturated carbocycles. The van der Waals surface area contributed by atoms with Gasteiger partial charge in [0, 0.05) is 19.0 Å². The summed E-state index contributed by atoms with van der Waals surface area (Å²) in [6.07, 6.45) is 15.6. The van der Waals surface area contributed by atoms with E-state index in [0.29, 0.717) is 0 Å². The molecule has 19 heavy (non-hydrogen) atoms. The number of nitrogens with one attached hydrogen (secondary N) is 1. The van der Waals surface area contributed by atoms with Crippen LogP contribution in [-0.2, 0) is 0 Å². The zero-order valence-corrected chi connectivity index (χ0v) is 12.9. The number of halogens is 1. The Morgan fingerprint density at radius 3 is 2.42 bits per heavy atom. The molecule has 2 nitrogen and oxygen atoms in total. The number of hydrogen-bond acceptors (Lipinski definition) is 2. The first kappa shape index (κ1) is 15.2. The van der Waals surface area contributed by atoms with Crippen LogP contribution in [0.4, 0.5) is 0 Å². The van der Waals surface area contributed by atoms with E-state index < -0.39 is 0 Å². The molecule has 2 fully saturated rings. The van der Waals surface area contributed by atoms with Gasteiger partial charge in [0.1, 0.15) is 0 Å². The Hall–Kier alpha value is -0.240. The Morgan fingerprint density at radius 2 is 1.68 bits per heavy atom. The van der Waals surface area contributed by atoms with Gasteiger partial charge in [-0.2, -0.15) is 0 Å². The second-order valence-electron chi connectivity index (χ2n) is 6.53. The Balaban J connectivity index is 0.00000133. The highest BCUT2D eigenvalue weighted by atomic mass is 35.5. The van der Waals surface area contributed by atoms with Crippen molar-refractivity contribution >= 4 is 18.2 Å². The Labute approximate surface area is 124 Å². The van der Waals surface area contributed by atoms with Gasteiger partial charge in [0.15, 0.2) is 0 Å². The number of nitrogens with zero attached hydrogens (tertiary/aromatic N) is 1. The van der Waals surface area contributed by atoms with Crippen molar-refractivity contribution < 1.29 is 0 Å². The molecule has 0 amide bonds. The fourth-order valence-electron chi connectivity index (χ4n) is 4.32. The third kappa shape index (κ3) is 3.87. The Morgan fingerprint density at radius 1 is 0.842 bits per heavy atom. The van der Waals surface area contributed by atoms with E-state index in [1.54, 1.807) is 0 Å². The minimum Gasteiger partial charge on any atom is -0.371 e. The lowest BCUT2D eigenvalue weighted by Gasteiger charge is -2.33. The standard InChI is InChI=1S/C16H28N2.ClH/c1-2-7-13(8-3-1)14-9-6-10-15(14)18-16-11-4-5-12-17-16;/h13-15H,1-12H2,(H,17,18);1H. The van der Waals surface area contributed by atoms with E-state index in [9.17, 15) is 0 Å². The summed E-state index contributed by atoms with van der Waals surface area (Å²) in [5.74, 6) is 3.30. The molecule has 0 aromatic rings.